The van der Waals surface area contributed by atoms with Crippen LogP contribution in [0.3, 0.4) is 0 Å². The molecule has 1 N–H and O–H groups in total. The van der Waals surface area contributed by atoms with Crippen molar-refractivity contribution < 1.29 is 31.2 Å². The van der Waals surface area contributed by atoms with Crippen LogP contribution >= 0.6 is 34.8 Å². The van der Waals surface area contributed by atoms with Crippen molar-refractivity contribution in [3.05, 3.63) is 62.6 Å². The van der Waals surface area contributed by atoms with E-state index in [-0.39, 0.29) is 34.0 Å². The first kappa shape index (κ1) is 33.0. The minimum absolute atomic E-state index is 0.120. The molecule has 2 rings (SSSR count). The van der Waals surface area contributed by atoms with Crippen LogP contribution in [0.25, 0.3) is 0 Å². The van der Waals surface area contributed by atoms with Crippen molar-refractivity contribution in [3.8, 4) is 0 Å². The van der Waals surface area contributed by atoms with Crippen molar-refractivity contribution in [3.63, 3.8) is 0 Å². The van der Waals surface area contributed by atoms with Gasteiger partial charge in [0.1, 0.15) is 12.6 Å². The van der Waals surface area contributed by atoms with E-state index in [0.29, 0.717) is 28.5 Å². The third-order valence-electron chi connectivity index (χ3n) is 5.63. The summed E-state index contributed by atoms with van der Waals surface area (Å²) in [7, 11) is -4.30. The number of hydrogen-bond donors (Lipinski definition) is 1. The number of carbonyl (C=O) groups is 2. The van der Waals surface area contributed by atoms with Gasteiger partial charge in [0.2, 0.25) is 21.8 Å². The van der Waals surface area contributed by atoms with Gasteiger partial charge in [0, 0.05) is 13.1 Å². The summed E-state index contributed by atoms with van der Waals surface area (Å²) in [5, 5.41) is 2.93. The molecule has 0 radical (unpaired) electrons. The number of carbonyl (C=O) groups excluding carboxylic acids is 2. The molecule has 0 aliphatic rings. The van der Waals surface area contributed by atoms with Gasteiger partial charge in [-0.3, -0.25) is 13.9 Å². The van der Waals surface area contributed by atoms with Crippen molar-refractivity contribution in [1.29, 1.82) is 0 Å². The summed E-state index contributed by atoms with van der Waals surface area (Å²) in [4.78, 5) is 27.9. The standard InChI is InChI=1S/C25H29Cl3F3N3O4S/c1-5-21(24(36)32-12-15(2)3)33(13-16-6-8-18(26)20(28)10-16)23(35)14-34(39(4,37)38)22-11-17(25(29,30)31)7-9-19(22)27/h6-11,15,21H,5,12-14H2,1-4H3,(H,32,36)/t21-/m0/s1. The van der Waals surface area contributed by atoms with Gasteiger partial charge in [-0.05, 0) is 48.2 Å². The fraction of sp³-hybridized carbons (Fsp3) is 0.440. The maximum absolute atomic E-state index is 13.7. The second-order valence-electron chi connectivity index (χ2n) is 9.27. The number of sulfonamides is 1. The minimum atomic E-state index is -4.78. The summed E-state index contributed by atoms with van der Waals surface area (Å²) in [6.45, 7) is 4.73. The molecule has 0 aliphatic heterocycles. The molecule has 0 bridgehead atoms. The number of hydrogen-bond acceptors (Lipinski definition) is 4. The molecular formula is C25H29Cl3F3N3O4S. The van der Waals surface area contributed by atoms with Gasteiger partial charge in [-0.15, -0.1) is 0 Å². The summed E-state index contributed by atoms with van der Waals surface area (Å²) >= 11 is 18.2. The Kier molecular flexibility index (Phi) is 11.4. The molecule has 0 unspecified atom stereocenters. The summed E-state index contributed by atoms with van der Waals surface area (Å²) in [6, 6.07) is 5.75. The molecule has 0 fully saturated rings. The van der Waals surface area contributed by atoms with E-state index in [9.17, 15) is 31.2 Å². The first-order valence-electron chi connectivity index (χ1n) is 11.8. The predicted octanol–water partition coefficient (Wildman–Crippen LogP) is 6.01. The molecule has 1 atom stereocenters. The lowest BCUT2D eigenvalue weighted by molar-refractivity contribution is -0.140. The van der Waals surface area contributed by atoms with Gasteiger partial charge >= 0.3 is 6.18 Å². The third kappa shape index (κ3) is 9.16. The number of benzene rings is 2. The number of alkyl halides is 3. The molecule has 0 aliphatic carbocycles. The zero-order valence-corrected chi connectivity index (χ0v) is 24.7. The second-order valence-corrected chi connectivity index (χ2v) is 12.4. The van der Waals surface area contributed by atoms with Gasteiger partial charge in [0.25, 0.3) is 0 Å². The van der Waals surface area contributed by atoms with Crippen LogP contribution in [0.5, 0.6) is 0 Å². The molecule has 14 heteroatoms. The highest BCUT2D eigenvalue weighted by molar-refractivity contribution is 7.92. The summed E-state index contributed by atoms with van der Waals surface area (Å²) in [6.07, 6.45) is -3.87. The van der Waals surface area contributed by atoms with Crippen molar-refractivity contribution in [2.45, 2.75) is 46.0 Å². The molecule has 7 nitrogen and oxygen atoms in total. The monoisotopic (exact) mass is 629 g/mol. The highest BCUT2D eigenvalue weighted by atomic mass is 35.5. The first-order chi connectivity index (χ1) is 17.9. The number of rotatable bonds is 11. The maximum atomic E-state index is 13.7. The van der Waals surface area contributed by atoms with Gasteiger partial charge < -0.3 is 10.2 Å². The molecule has 2 amide bonds. The SMILES string of the molecule is CC[C@@H](C(=O)NCC(C)C)N(Cc1ccc(Cl)c(Cl)c1)C(=O)CN(c1cc(C(F)(F)F)ccc1Cl)S(C)(=O)=O. The Morgan fingerprint density at radius 3 is 2.13 bits per heavy atom. The van der Waals surface area contributed by atoms with E-state index in [2.05, 4.69) is 5.32 Å². The lowest BCUT2D eigenvalue weighted by atomic mass is 10.1. The molecule has 216 valence electrons. The zero-order valence-electron chi connectivity index (χ0n) is 21.7. The van der Waals surface area contributed by atoms with Crippen LogP contribution in [0.2, 0.25) is 15.1 Å². The van der Waals surface area contributed by atoms with Crippen LogP contribution < -0.4 is 9.62 Å². The van der Waals surface area contributed by atoms with E-state index in [1.807, 2.05) is 13.8 Å². The van der Waals surface area contributed by atoms with Crippen LogP contribution in [0, 0.1) is 5.92 Å². The number of nitrogens with zero attached hydrogens (tertiary/aromatic N) is 2. The van der Waals surface area contributed by atoms with Gasteiger partial charge in [0.05, 0.1) is 32.6 Å². The predicted molar refractivity (Wildman–Crippen MR) is 148 cm³/mol. The summed E-state index contributed by atoms with van der Waals surface area (Å²) in [5.41, 5.74) is -1.17. The quantitative estimate of drug-likeness (QED) is 0.330. The van der Waals surface area contributed by atoms with E-state index < -0.39 is 51.9 Å². The Morgan fingerprint density at radius 1 is 1.00 bits per heavy atom. The van der Waals surface area contributed by atoms with Crippen molar-refractivity contribution in [2.24, 2.45) is 5.92 Å². The number of nitrogens with one attached hydrogen (secondary N) is 1. The summed E-state index contributed by atoms with van der Waals surface area (Å²) in [5.74, 6) is -1.19. The Labute approximate surface area is 241 Å². The van der Waals surface area contributed by atoms with Gasteiger partial charge in [0.15, 0.2) is 0 Å². The van der Waals surface area contributed by atoms with Crippen LogP contribution in [0.15, 0.2) is 36.4 Å². The van der Waals surface area contributed by atoms with E-state index in [1.165, 1.54) is 12.1 Å². The smallest absolute Gasteiger partial charge is 0.354 e. The minimum Gasteiger partial charge on any atom is -0.354 e. The topological polar surface area (TPSA) is 86.8 Å². The average molecular weight is 631 g/mol. The van der Waals surface area contributed by atoms with E-state index in [0.717, 1.165) is 17.2 Å². The molecule has 0 aromatic heterocycles. The maximum Gasteiger partial charge on any atom is 0.416 e. The molecule has 2 aromatic carbocycles. The second kappa shape index (κ2) is 13.4. The highest BCUT2D eigenvalue weighted by Gasteiger charge is 2.35. The molecule has 0 saturated heterocycles. The number of amides is 2. The van der Waals surface area contributed by atoms with Crippen LogP contribution in [-0.2, 0) is 32.3 Å². The van der Waals surface area contributed by atoms with Crippen molar-refractivity contribution >= 4 is 62.3 Å². The van der Waals surface area contributed by atoms with Crippen LogP contribution in [-0.4, -0.2) is 50.5 Å². The van der Waals surface area contributed by atoms with Crippen molar-refractivity contribution in [1.82, 2.24) is 10.2 Å². The van der Waals surface area contributed by atoms with Gasteiger partial charge in [-0.2, -0.15) is 13.2 Å². The Morgan fingerprint density at radius 2 is 1.62 bits per heavy atom. The fourth-order valence-corrected chi connectivity index (χ4v) is 5.10. The number of halogens is 6. The third-order valence-corrected chi connectivity index (χ3v) is 7.81. The van der Waals surface area contributed by atoms with E-state index >= 15 is 0 Å². The highest BCUT2D eigenvalue weighted by Crippen LogP contribution is 2.36. The average Bonchev–Trinajstić information content (AvgIpc) is 2.82. The lowest BCUT2D eigenvalue weighted by Gasteiger charge is -2.33. The van der Waals surface area contributed by atoms with Crippen LogP contribution in [0.4, 0.5) is 18.9 Å². The molecule has 0 spiro atoms. The van der Waals surface area contributed by atoms with E-state index in [4.69, 9.17) is 34.8 Å². The number of anilines is 1. The molecule has 0 saturated carbocycles. The molecule has 2 aromatic rings. The normalized spacial score (nSPS) is 12.8. The molecule has 0 heterocycles. The zero-order chi connectivity index (χ0) is 29.7. The van der Waals surface area contributed by atoms with Crippen molar-refractivity contribution in [2.75, 3.05) is 23.7 Å². The van der Waals surface area contributed by atoms with Crippen LogP contribution in [0.1, 0.15) is 38.3 Å². The first-order valence-corrected chi connectivity index (χ1v) is 14.8. The van der Waals surface area contributed by atoms with Gasteiger partial charge in [-0.25, -0.2) is 8.42 Å². The fourth-order valence-electron chi connectivity index (χ4n) is 3.65. The molecule has 39 heavy (non-hydrogen) atoms. The Hall–Kier alpha value is -2.21. The van der Waals surface area contributed by atoms with Gasteiger partial charge in [-0.1, -0.05) is 61.6 Å². The van der Waals surface area contributed by atoms with E-state index in [1.54, 1.807) is 13.0 Å². The Balaban J connectivity index is 2.55. The summed E-state index contributed by atoms with van der Waals surface area (Å²) < 4.78 is 66.0. The largest absolute Gasteiger partial charge is 0.416 e. The Bertz CT molecular complexity index is 1310. The molecular weight excluding hydrogens is 602 g/mol. The lowest BCUT2D eigenvalue weighted by Crippen LogP contribution is -2.52.